The first kappa shape index (κ1) is 14.5. The minimum atomic E-state index is -1.00. The lowest BCUT2D eigenvalue weighted by atomic mass is 9.92. The molecule has 0 aliphatic heterocycles. The van der Waals surface area contributed by atoms with Gasteiger partial charge >= 0.3 is 5.97 Å². The molecule has 1 aliphatic rings. The highest BCUT2D eigenvalue weighted by Gasteiger charge is 2.40. The van der Waals surface area contributed by atoms with Crippen LogP contribution in [0.25, 0.3) is 0 Å². The number of aliphatic hydroxyl groups is 1. The Hall–Kier alpha value is -0.610. The van der Waals surface area contributed by atoms with Crippen molar-refractivity contribution in [3.8, 4) is 0 Å². The van der Waals surface area contributed by atoms with Crippen molar-refractivity contribution in [1.82, 2.24) is 0 Å². The molecule has 1 fully saturated rings. The van der Waals surface area contributed by atoms with E-state index in [1.165, 1.54) is 0 Å². The van der Waals surface area contributed by atoms with Gasteiger partial charge in [0.1, 0.15) is 0 Å². The maximum atomic E-state index is 11.4. The summed E-state index contributed by atoms with van der Waals surface area (Å²) in [5.74, 6) is -0.204. The lowest BCUT2D eigenvalue weighted by Gasteiger charge is -2.28. The largest absolute Gasteiger partial charge is 0.479 e. The lowest BCUT2D eigenvalue weighted by molar-refractivity contribution is -0.168. The molecule has 0 bridgehead atoms. The van der Waals surface area contributed by atoms with Crippen molar-refractivity contribution in [3.05, 3.63) is 0 Å². The van der Waals surface area contributed by atoms with E-state index in [4.69, 9.17) is 9.84 Å². The monoisotopic (exact) mass is 244 g/mol. The van der Waals surface area contributed by atoms with E-state index in [2.05, 4.69) is 6.92 Å². The van der Waals surface area contributed by atoms with Gasteiger partial charge in [-0.15, -0.1) is 0 Å². The van der Waals surface area contributed by atoms with Gasteiger partial charge in [0.15, 0.2) is 5.60 Å². The molecule has 0 aromatic carbocycles. The molecule has 17 heavy (non-hydrogen) atoms. The Kier molecular flexibility index (Phi) is 5.92. The second kappa shape index (κ2) is 6.97. The van der Waals surface area contributed by atoms with Gasteiger partial charge in [0.25, 0.3) is 0 Å². The molecule has 0 spiro atoms. The summed E-state index contributed by atoms with van der Waals surface area (Å²) in [5, 5.41) is 18.1. The molecule has 1 rings (SSSR count). The number of aliphatic carboxylic acids is 1. The zero-order chi connectivity index (χ0) is 12.7. The molecule has 4 heteroatoms. The number of ether oxygens (including phenoxy) is 1. The van der Waals surface area contributed by atoms with E-state index in [1.807, 2.05) is 0 Å². The predicted octanol–water partition coefficient (Wildman–Crippen LogP) is 2.20. The molecule has 2 unspecified atom stereocenters. The lowest BCUT2D eigenvalue weighted by Crippen LogP contribution is -2.41. The molecule has 2 atom stereocenters. The zero-order valence-electron chi connectivity index (χ0n) is 10.7. The average Bonchev–Trinajstić information content (AvgIpc) is 2.53. The molecule has 0 amide bonds. The molecule has 4 nitrogen and oxygen atoms in total. The number of carboxylic acids is 1. The first-order chi connectivity index (χ1) is 8.14. The molecule has 1 aliphatic carbocycles. The smallest absolute Gasteiger partial charge is 0.335 e. The van der Waals surface area contributed by atoms with Gasteiger partial charge in [0.2, 0.25) is 0 Å². The maximum absolute atomic E-state index is 11.4. The minimum Gasteiger partial charge on any atom is -0.479 e. The summed E-state index contributed by atoms with van der Waals surface area (Å²) in [5.41, 5.74) is -1.00. The summed E-state index contributed by atoms with van der Waals surface area (Å²) in [7, 11) is 0. The molecule has 1 saturated carbocycles. The Labute approximate surface area is 103 Å². The van der Waals surface area contributed by atoms with E-state index in [0.29, 0.717) is 31.8 Å². The third kappa shape index (κ3) is 3.96. The second-order valence-corrected chi connectivity index (χ2v) is 4.93. The fourth-order valence-corrected chi connectivity index (χ4v) is 2.54. The van der Waals surface area contributed by atoms with E-state index in [9.17, 15) is 9.90 Å². The Morgan fingerprint density at radius 3 is 2.76 bits per heavy atom. The second-order valence-electron chi connectivity index (χ2n) is 4.93. The van der Waals surface area contributed by atoms with Crippen LogP contribution in [0, 0.1) is 5.92 Å². The van der Waals surface area contributed by atoms with Crippen LogP contribution in [-0.2, 0) is 9.53 Å². The molecule has 100 valence electrons. The van der Waals surface area contributed by atoms with Crippen molar-refractivity contribution < 1.29 is 19.7 Å². The van der Waals surface area contributed by atoms with Crippen LogP contribution >= 0.6 is 0 Å². The molecule has 0 aromatic rings. The number of aliphatic hydroxyl groups excluding tert-OH is 1. The Morgan fingerprint density at radius 2 is 2.18 bits per heavy atom. The number of carbonyl (C=O) groups is 1. The standard InChI is InChI=1S/C13H24O4/c1-2-11-5-3-7-13(8-6-11,12(15)16)17-10-4-9-14/h11,14H,2-10H2,1H3,(H,15,16). The molecular formula is C13H24O4. The number of carboxylic acid groups (broad SMARTS) is 1. The highest BCUT2D eigenvalue weighted by molar-refractivity contribution is 5.77. The Balaban J connectivity index is 2.60. The van der Waals surface area contributed by atoms with Gasteiger partial charge in [-0.1, -0.05) is 19.8 Å². The summed E-state index contributed by atoms with van der Waals surface area (Å²) in [6.45, 7) is 2.54. The summed E-state index contributed by atoms with van der Waals surface area (Å²) in [4.78, 5) is 11.4. The highest BCUT2D eigenvalue weighted by Crippen LogP contribution is 2.34. The van der Waals surface area contributed by atoms with Crippen LogP contribution in [0.2, 0.25) is 0 Å². The summed E-state index contributed by atoms with van der Waals surface area (Å²) in [6.07, 6.45) is 5.79. The summed E-state index contributed by atoms with van der Waals surface area (Å²) in [6, 6.07) is 0. The van der Waals surface area contributed by atoms with Crippen molar-refractivity contribution >= 4 is 5.97 Å². The highest BCUT2D eigenvalue weighted by atomic mass is 16.5. The minimum absolute atomic E-state index is 0.0489. The number of hydrogen-bond acceptors (Lipinski definition) is 3. The van der Waals surface area contributed by atoms with Crippen molar-refractivity contribution in [2.75, 3.05) is 13.2 Å². The van der Waals surface area contributed by atoms with Crippen molar-refractivity contribution in [3.63, 3.8) is 0 Å². The normalized spacial score (nSPS) is 29.9. The van der Waals surface area contributed by atoms with Crippen LogP contribution in [0.15, 0.2) is 0 Å². The fraction of sp³-hybridized carbons (Fsp3) is 0.923. The molecule has 2 N–H and O–H groups in total. The van der Waals surface area contributed by atoms with E-state index in [-0.39, 0.29) is 6.61 Å². The van der Waals surface area contributed by atoms with E-state index in [1.54, 1.807) is 0 Å². The molecular weight excluding hydrogens is 220 g/mol. The van der Waals surface area contributed by atoms with Crippen molar-refractivity contribution in [1.29, 1.82) is 0 Å². The fourth-order valence-electron chi connectivity index (χ4n) is 2.54. The van der Waals surface area contributed by atoms with E-state index >= 15 is 0 Å². The van der Waals surface area contributed by atoms with Gasteiger partial charge in [-0.3, -0.25) is 0 Å². The van der Waals surface area contributed by atoms with Crippen LogP contribution < -0.4 is 0 Å². The van der Waals surface area contributed by atoms with Crippen molar-refractivity contribution in [2.45, 2.75) is 57.5 Å². The van der Waals surface area contributed by atoms with E-state index in [0.717, 1.165) is 25.7 Å². The van der Waals surface area contributed by atoms with Gasteiger partial charge in [0.05, 0.1) is 6.61 Å². The van der Waals surface area contributed by atoms with Crippen molar-refractivity contribution in [2.24, 2.45) is 5.92 Å². The van der Waals surface area contributed by atoms with Crippen LogP contribution in [0.1, 0.15) is 51.9 Å². The first-order valence-electron chi connectivity index (χ1n) is 6.63. The van der Waals surface area contributed by atoms with Gasteiger partial charge < -0.3 is 14.9 Å². The van der Waals surface area contributed by atoms with Gasteiger partial charge in [0, 0.05) is 6.61 Å². The Bertz CT molecular complexity index is 242. The SMILES string of the molecule is CCC1CCCC(OCCCO)(C(=O)O)CC1. The van der Waals surface area contributed by atoms with Crippen LogP contribution in [0.4, 0.5) is 0 Å². The third-order valence-corrected chi connectivity index (χ3v) is 3.80. The predicted molar refractivity (Wildman–Crippen MR) is 64.9 cm³/mol. The summed E-state index contributed by atoms with van der Waals surface area (Å²) >= 11 is 0. The van der Waals surface area contributed by atoms with Gasteiger partial charge in [-0.05, 0) is 38.0 Å². The molecule has 0 saturated heterocycles. The average molecular weight is 244 g/mol. The van der Waals surface area contributed by atoms with E-state index < -0.39 is 11.6 Å². The quantitative estimate of drug-likeness (QED) is 0.555. The van der Waals surface area contributed by atoms with Crippen LogP contribution in [0.5, 0.6) is 0 Å². The maximum Gasteiger partial charge on any atom is 0.335 e. The Morgan fingerprint density at radius 1 is 1.41 bits per heavy atom. The van der Waals surface area contributed by atoms with Gasteiger partial charge in [-0.2, -0.15) is 0 Å². The zero-order valence-corrected chi connectivity index (χ0v) is 10.7. The third-order valence-electron chi connectivity index (χ3n) is 3.80. The number of rotatable bonds is 6. The molecule has 0 aromatic heterocycles. The van der Waals surface area contributed by atoms with Gasteiger partial charge in [-0.25, -0.2) is 4.79 Å². The topological polar surface area (TPSA) is 66.8 Å². The van der Waals surface area contributed by atoms with Crippen LogP contribution in [0.3, 0.4) is 0 Å². The van der Waals surface area contributed by atoms with Crippen LogP contribution in [-0.4, -0.2) is 35.0 Å². The number of hydrogen-bond donors (Lipinski definition) is 2. The first-order valence-corrected chi connectivity index (χ1v) is 6.63. The summed E-state index contributed by atoms with van der Waals surface area (Å²) < 4.78 is 5.59. The molecule has 0 heterocycles. The molecule has 0 radical (unpaired) electrons.